The monoisotopic (exact) mass is 453 g/mol. The Balaban J connectivity index is 1.23. The Morgan fingerprint density at radius 3 is 2.82 bits per heavy atom. The summed E-state index contributed by atoms with van der Waals surface area (Å²) in [6.07, 6.45) is 11.5. The summed E-state index contributed by atoms with van der Waals surface area (Å²) < 4.78 is 6.28. The highest BCUT2D eigenvalue weighted by Gasteiger charge is 2.33. The van der Waals surface area contributed by atoms with Gasteiger partial charge in [-0.05, 0) is 58.3 Å². The summed E-state index contributed by atoms with van der Waals surface area (Å²) in [6.45, 7) is 5.08. The van der Waals surface area contributed by atoms with Crippen molar-refractivity contribution in [2.75, 3.05) is 26.7 Å². The Labute approximate surface area is 195 Å². The Kier molecular flexibility index (Phi) is 6.44. The molecule has 9 heteroatoms. The number of ether oxygens (including phenoxy) is 1. The van der Waals surface area contributed by atoms with E-state index in [0.29, 0.717) is 12.5 Å². The predicted molar refractivity (Wildman–Crippen MR) is 129 cm³/mol. The number of allylic oxidation sites excluding steroid dienone is 2. The number of piperidine rings is 1. The molecule has 0 aromatic rings. The quantitative estimate of drug-likeness (QED) is 0.648. The summed E-state index contributed by atoms with van der Waals surface area (Å²) in [5, 5.41) is 9.86. The second-order valence-corrected chi connectivity index (χ2v) is 9.94. The molecular weight excluding hydrogens is 418 g/mol. The minimum atomic E-state index is -0.520. The molecule has 4 heterocycles. The van der Waals surface area contributed by atoms with E-state index in [2.05, 4.69) is 51.4 Å². The Hall–Kier alpha value is -2.36. The molecule has 0 spiro atoms. The number of hydrogen-bond donors (Lipinski definition) is 2. The molecule has 0 radical (unpaired) electrons. The molecular formula is C24H35N7O2. The zero-order valence-electron chi connectivity index (χ0n) is 19.6. The molecule has 2 saturated heterocycles. The maximum Gasteiger partial charge on any atom is 0.220 e. The van der Waals surface area contributed by atoms with Gasteiger partial charge in [-0.3, -0.25) is 19.8 Å². The van der Waals surface area contributed by atoms with E-state index in [1.807, 2.05) is 6.21 Å². The van der Waals surface area contributed by atoms with Gasteiger partial charge in [-0.2, -0.15) is 5.10 Å². The first-order chi connectivity index (χ1) is 15.9. The van der Waals surface area contributed by atoms with E-state index in [-0.39, 0.29) is 24.0 Å². The third-order valence-electron chi connectivity index (χ3n) is 7.25. The first-order valence-corrected chi connectivity index (χ1v) is 12.1. The van der Waals surface area contributed by atoms with Gasteiger partial charge in [0.2, 0.25) is 5.91 Å². The van der Waals surface area contributed by atoms with Crippen molar-refractivity contribution in [3.05, 3.63) is 23.3 Å². The van der Waals surface area contributed by atoms with Crippen molar-refractivity contribution in [3.63, 3.8) is 0 Å². The number of carbonyl (C=O) groups excluding carboxylic acids is 1. The van der Waals surface area contributed by atoms with Crippen molar-refractivity contribution >= 4 is 24.0 Å². The molecule has 3 N–H and O–H groups in total. The second-order valence-electron chi connectivity index (χ2n) is 9.94. The highest BCUT2D eigenvalue weighted by molar-refractivity contribution is 6.32. The fourth-order valence-electron chi connectivity index (χ4n) is 5.33. The molecule has 5 rings (SSSR count). The van der Waals surface area contributed by atoms with Gasteiger partial charge in [-0.1, -0.05) is 17.7 Å². The third-order valence-corrected chi connectivity index (χ3v) is 7.25. The number of nitrogens with zero attached hydrogens (tertiary/aromatic N) is 5. The second kappa shape index (κ2) is 9.48. The van der Waals surface area contributed by atoms with Crippen LogP contribution in [0.3, 0.4) is 0 Å². The summed E-state index contributed by atoms with van der Waals surface area (Å²) in [4.78, 5) is 23.4. The van der Waals surface area contributed by atoms with Gasteiger partial charge in [0.15, 0.2) is 6.23 Å². The highest BCUT2D eigenvalue weighted by atomic mass is 16.5. The summed E-state index contributed by atoms with van der Waals surface area (Å²) in [6, 6.07) is 0.561. The fourth-order valence-corrected chi connectivity index (χ4v) is 5.33. The largest absolute Gasteiger partial charge is 0.349 e. The van der Waals surface area contributed by atoms with Crippen molar-refractivity contribution in [3.8, 4) is 0 Å². The molecule has 1 amide bonds. The molecule has 2 fully saturated rings. The number of amides is 1. The molecule has 0 saturated carbocycles. The number of rotatable bonds is 5. The molecule has 4 unspecified atom stereocenters. The van der Waals surface area contributed by atoms with Crippen molar-refractivity contribution < 1.29 is 9.53 Å². The van der Waals surface area contributed by atoms with E-state index in [4.69, 9.17) is 15.5 Å². The highest BCUT2D eigenvalue weighted by Crippen LogP contribution is 2.29. The van der Waals surface area contributed by atoms with Gasteiger partial charge in [0.05, 0.1) is 24.5 Å². The maximum absolute atomic E-state index is 11.7. The average Bonchev–Trinajstić information content (AvgIpc) is 3.44. The van der Waals surface area contributed by atoms with Gasteiger partial charge in [0, 0.05) is 24.6 Å². The lowest BCUT2D eigenvalue weighted by molar-refractivity contribution is -0.119. The van der Waals surface area contributed by atoms with E-state index in [1.54, 1.807) is 6.21 Å². The normalized spacial score (nSPS) is 35.5. The fraction of sp³-hybridized carbons (Fsp3) is 0.667. The first kappa shape index (κ1) is 22.4. The predicted octanol–water partition coefficient (Wildman–Crippen LogP) is 1.07. The van der Waals surface area contributed by atoms with E-state index in [9.17, 15) is 4.79 Å². The molecule has 33 heavy (non-hydrogen) atoms. The standard InChI is InChI=1S/C24H35N7O2/c1-15-9-16(20-3-4-22(32)28-20)11-17(10-15)21-13-26-23(25)24(29-21)33-19-12-27-31(14-19)18-5-7-30(2)8-6-18/h9,11-13,17-20,23-24H,3-8,10,14,25H2,1-2H3,(H,28,32)/t17?,19?,20-,23?,24?/m1/s1. The summed E-state index contributed by atoms with van der Waals surface area (Å²) in [7, 11) is 2.17. The number of hydrogen-bond acceptors (Lipinski definition) is 8. The van der Waals surface area contributed by atoms with Crippen LogP contribution >= 0.6 is 0 Å². The lowest BCUT2D eigenvalue weighted by Crippen LogP contribution is -2.44. The summed E-state index contributed by atoms with van der Waals surface area (Å²) in [5.74, 6) is 0.232. The van der Waals surface area contributed by atoms with Crippen LogP contribution in [0.25, 0.3) is 0 Å². The molecule has 0 bridgehead atoms. The molecule has 5 atom stereocenters. The number of nitrogens with one attached hydrogen (secondary N) is 1. The first-order valence-electron chi connectivity index (χ1n) is 12.1. The average molecular weight is 454 g/mol. The lowest BCUT2D eigenvalue weighted by atomic mass is 9.85. The minimum Gasteiger partial charge on any atom is -0.349 e. The number of aliphatic imine (C=N–C) groups is 2. The van der Waals surface area contributed by atoms with E-state index in [0.717, 1.165) is 56.6 Å². The summed E-state index contributed by atoms with van der Waals surface area (Å²) >= 11 is 0. The topological polar surface area (TPSA) is 108 Å². The smallest absolute Gasteiger partial charge is 0.220 e. The van der Waals surface area contributed by atoms with Crippen LogP contribution < -0.4 is 11.1 Å². The molecule has 0 aromatic carbocycles. The summed E-state index contributed by atoms with van der Waals surface area (Å²) in [5.41, 5.74) is 9.57. The van der Waals surface area contributed by atoms with Crippen LogP contribution in [0.1, 0.15) is 39.0 Å². The zero-order chi connectivity index (χ0) is 22.9. The van der Waals surface area contributed by atoms with Gasteiger partial charge < -0.3 is 20.7 Å². The Morgan fingerprint density at radius 2 is 2.06 bits per heavy atom. The van der Waals surface area contributed by atoms with E-state index in [1.165, 1.54) is 5.57 Å². The van der Waals surface area contributed by atoms with Gasteiger partial charge in [-0.15, -0.1) is 0 Å². The molecule has 0 aromatic heterocycles. The molecule has 5 aliphatic rings. The Bertz CT molecular complexity index is 916. The number of hydrazone groups is 1. The van der Waals surface area contributed by atoms with Gasteiger partial charge >= 0.3 is 0 Å². The zero-order valence-corrected chi connectivity index (χ0v) is 19.6. The molecule has 1 aliphatic carbocycles. The number of carbonyl (C=O) groups is 1. The van der Waals surface area contributed by atoms with Crippen molar-refractivity contribution in [2.24, 2.45) is 26.7 Å². The lowest BCUT2D eigenvalue weighted by Gasteiger charge is -2.34. The van der Waals surface area contributed by atoms with Gasteiger partial charge in [0.1, 0.15) is 12.3 Å². The minimum absolute atomic E-state index is 0.0888. The SMILES string of the molecule is CC1=CC([C@H]2CCC(=O)N2)=CC(C2=NC(OC3C=NN(C4CCN(C)CC4)C3)C(N)N=C2)C1. The molecule has 9 nitrogen and oxygen atoms in total. The number of nitrogens with two attached hydrogens (primary N) is 1. The van der Waals surface area contributed by atoms with E-state index >= 15 is 0 Å². The third kappa shape index (κ3) is 5.10. The van der Waals surface area contributed by atoms with Crippen LogP contribution in [0.4, 0.5) is 0 Å². The van der Waals surface area contributed by atoms with Crippen LogP contribution in [0.2, 0.25) is 0 Å². The van der Waals surface area contributed by atoms with Crippen LogP contribution in [-0.4, -0.2) is 91.2 Å². The molecule has 178 valence electrons. The van der Waals surface area contributed by atoms with Crippen LogP contribution in [0, 0.1) is 5.92 Å². The molecule has 4 aliphatic heterocycles. The maximum atomic E-state index is 11.7. The van der Waals surface area contributed by atoms with Crippen LogP contribution in [0.5, 0.6) is 0 Å². The van der Waals surface area contributed by atoms with Crippen LogP contribution in [-0.2, 0) is 9.53 Å². The van der Waals surface area contributed by atoms with Gasteiger partial charge in [-0.25, -0.2) is 0 Å². The van der Waals surface area contributed by atoms with Crippen molar-refractivity contribution in [1.82, 2.24) is 15.2 Å². The van der Waals surface area contributed by atoms with E-state index < -0.39 is 12.4 Å². The van der Waals surface area contributed by atoms with Crippen molar-refractivity contribution in [1.29, 1.82) is 0 Å². The van der Waals surface area contributed by atoms with Gasteiger partial charge in [0.25, 0.3) is 0 Å². The van der Waals surface area contributed by atoms with Crippen LogP contribution in [0.15, 0.2) is 38.4 Å². The number of likely N-dealkylation sites (tertiary alicyclic amines) is 1. The van der Waals surface area contributed by atoms with Crippen molar-refractivity contribution in [2.45, 2.75) is 69.6 Å². The Morgan fingerprint density at radius 1 is 1.24 bits per heavy atom.